The lowest BCUT2D eigenvalue weighted by Gasteiger charge is -2.06. The van der Waals surface area contributed by atoms with Crippen molar-refractivity contribution in [1.82, 2.24) is 4.98 Å². The number of ether oxygens (including phenoxy) is 1. The molecule has 6 nitrogen and oxygen atoms in total. The minimum absolute atomic E-state index is 0.0792. The second kappa shape index (κ2) is 7.82. The lowest BCUT2D eigenvalue weighted by atomic mass is 10.1. The standard InChI is InChI=1S/C20H20N2O4/c1-3-25-16-7-4-14(5-8-16)18(23)10-11-20(24)22-15-6-9-17-19(12-15)26-13(2)21-17/h4-9,12H,3,10-11H2,1-2H3,(H,22,24). The van der Waals surface area contributed by atoms with Gasteiger partial charge in [-0.3, -0.25) is 9.59 Å². The predicted octanol–water partition coefficient (Wildman–Crippen LogP) is 4.14. The maximum absolute atomic E-state index is 12.2. The fourth-order valence-electron chi connectivity index (χ4n) is 2.62. The van der Waals surface area contributed by atoms with Gasteiger partial charge in [0, 0.05) is 37.1 Å². The van der Waals surface area contributed by atoms with Crippen LogP contribution >= 0.6 is 0 Å². The van der Waals surface area contributed by atoms with E-state index in [-0.39, 0.29) is 24.5 Å². The van der Waals surface area contributed by atoms with Crippen molar-refractivity contribution in [2.45, 2.75) is 26.7 Å². The molecule has 3 aromatic rings. The summed E-state index contributed by atoms with van der Waals surface area (Å²) in [5, 5.41) is 2.78. The maximum Gasteiger partial charge on any atom is 0.224 e. The molecule has 0 fully saturated rings. The van der Waals surface area contributed by atoms with E-state index in [9.17, 15) is 9.59 Å². The number of aryl methyl sites for hydroxylation is 1. The monoisotopic (exact) mass is 352 g/mol. The third kappa shape index (κ3) is 4.27. The molecule has 1 heterocycles. The van der Waals surface area contributed by atoms with Crippen molar-refractivity contribution < 1.29 is 18.7 Å². The SMILES string of the molecule is CCOc1ccc(C(=O)CCC(=O)Nc2ccc3nc(C)oc3c2)cc1. The molecule has 3 rings (SSSR count). The highest BCUT2D eigenvalue weighted by molar-refractivity contribution is 6.00. The Balaban J connectivity index is 1.54. The number of nitrogens with one attached hydrogen (secondary N) is 1. The first kappa shape index (κ1) is 17.7. The van der Waals surface area contributed by atoms with Crippen LogP contribution in [0, 0.1) is 6.92 Å². The average Bonchev–Trinajstić information content (AvgIpc) is 3.00. The highest BCUT2D eigenvalue weighted by Gasteiger charge is 2.11. The molecule has 0 aliphatic rings. The van der Waals surface area contributed by atoms with Crippen LogP contribution in [-0.4, -0.2) is 23.3 Å². The molecule has 0 unspecified atom stereocenters. The van der Waals surface area contributed by atoms with Crippen molar-refractivity contribution in [2.24, 2.45) is 0 Å². The van der Waals surface area contributed by atoms with Crippen LogP contribution in [0.5, 0.6) is 5.75 Å². The van der Waals surface area contributed by atoms with E-state index in [4.69, 9.17) is 9.15 Å². The molecule has 1 amide bonds. The normalized spacial score (nSPS) is 10.7. The molecule has 0 radical (unpaired) electrons. The van der Waals surface area contributed by atoms with Gasteiger partial charge in [0.05, 0.1) is 6.61 Å². The Bertz CT molecular complexity index is 929. The van der Waals surface area contributed by atoms with Crippen LogP contribution in [-0.2, 0) is 4.79 Å². The average molecular weight is 352 g/mol. The van der Waals surface area contributed by atoms with E-state index < -0.39 is 0 Å². The van der Waals surface area contributed by atoms with Gasteiger partial charge in [-0.25, -0.2) is 4.98 Å². The zero-order valence-electron chi connectivity index (χ0n) is 14.7. The molecule has 1 aromatic heterocycles. The number of hydrogen-bond acceptors (Lipinski definition) is 5. The topological polar surface area (TPSA) is 81.4 Å². The Morgan fingerprint density at radius 2 is 1.88 bits per heavy atom. The molecule has 0 aliphatic carbocycles. The number of nitrogens with zero attached hydrogens (tertiary/aromatic N) is 1. The zero-order valence-corrected chi connectivity index (χ0v) is 14.7. The van der Waals surface area contributed by atoms with Crippen molar-refractivity contribution in [3.05, 3.63) is 53.9 Å². The molecule has 1 N–H and O–H groups in total. The minimum Gasteiger partial charge on any atom is -0.494 e. The Morgan fingerprint density at radius 1 is 1.12 bits per heavy atom. The van der Waals surface area contributed by atoms with Crippen molar-refractivity contribution >= 4 is 28.5 Å². The number of hydrogen-bond donors (Lipinski definition) is 1. The second-order valence-electron chi connectivity index (χ2n) is 5.84. The van der Waals surface area contributed by atoms with Gasteiger partial charge in [0.15, 0.2) is 17.3 Å². The van der Waals surface area contributed by atoms with E-state index in [1.807, 2.05) is 6.92 Å². The van der Waals surface area contributed by atoms with Gasteiger partial charge in [0.1, 0.15) is 11.3 Å². The quantitative estimate of drug-likeness (QED) is 0.646. The number of oxazole rings is 1. The fourth-order valence-corrected chi connectivity index (χ4v) is 2.62. The van der Waals surface area contributed by atoms with E-state index in [0.29, 0.717) is 29.3 Å². The molecule has 0 saturated heterocycles. The molecular formula is C20H20N2O4. The zero-order chi connectivity index (χ0) is 18.5. The van der Waals surface area contributed by atoms with E-state index in [1.54, 1.807) is 49.4 Å². The largest absolute Gasteiger partial charge is 0.494 e. The number of amides is 1. The fraction of sp³-hybridized carbons (Fsp3) is 0.250. The van der Waals surface area contributed by atoms with Crippen molar-refractivity contribution in [2.75, 3.05) is 11.9 Å². The second-order valence-corrected chi connectivity index (χ2v) is 5.84. The number of Topliss-reactive ketones (excluding diaryl/α,β-unsaturated/α-hetero) is 1. The van der Waals surface area contributed by atoms with E-state index >= 15 is 0 Å². The molecule has 0 atom stereocenters. The number of anilines is 1. The number of rotatable bonds is 7. The molecule has 0 saturated carbocycles. The Morgan fingerprint density at radius 3 is 2.62 bits per heavy atom. The third-order valence-electron chi connectivity index (χ3n) is 3.85. The van der Waals surface area contributed by atoms with E-state index in [0.717, 1.165) is 11.3 Å². The van der Waals surface area contributed by atoms with E-state index in [2.05, 4.69) is 10.3 Å². The third-order valence-corrected chi connectivity index (χ3v) is 3.85. The lowest BCUT2D eigenvalue weighted by Crippen LogP contribution is -2.13. The van der Waals surface area contributed by atoms with Crippen LogP contribution in [0.15, 0.2) is 46.9 Å². The van der Waals surface area contributed by atoms with Crippen molar-refractivity contribution in [3.63, 3.8) is 0 Å². The van der Waals surface area contributed by atoms with E-state index in [1.165, 1.54) is 0 Å². The first-order chi connectivity index (χ1) is 12.5. The van der Waals surface area contributed by atoms with Crippen molar-refractivity contribution in [1.29, 1.82) is 0 Å². The molecule has 134 valence electrons. The molecule has 26 heavy (non-hydrogen) atoms. The van der Waals surface area contributed by atoms with Gasteiger partial charge >= 0.3 is 0 Å². The van der Waals surface area contributed by atoms with Gasteiger partial charge in [-0.05, 0) is 43.3 Å². The molecule has 2 aromatic carbocycles. The summed E-state index contributed by atoms with van der Waals surface area (Å²) in [5.41, 5.74) is 2.55. The highest BCUT2D eigenvalue weighted by atomic mass is 16.5. The summed E-state index contributed by atoms with van der Waals surface area (Å²) in [4.78, 5) is 28.5. The van der Waals surface area contributed by atoms with Crippen molar-refractivity contribution in [3.8, 4) is 5.75 Å². The smallest absolute Gasteiger partial charge is 0.224 e. The molecule has 0 spiro atoms. The van der Waals surface area contributed by atoms with Gasteiger partial charge < -0.3 is 14.5 Å². The summed E-state index contributed by atoms with van der Waals surface area (Å²) >= 11 is 0. The minimum atomic E-state index is -0.222. The van der Waals surface area contributed by atoms with Crippen LogP contribution in [0.1, 0.15) is 36.0 Å². The molecular weight excluding hydrogens is 332 g/mol. The maximum atomic E-state index is 12.2. The van der Waals surface area contributed by atoms with Gasteiger partial charge in [-0.15, -0.1) is 0 Å². The summed E-state index contributed by atoms with van der Waals surface area (Å²) in [6.45, 7) is 4.25. The number of carbonyl (C=O) groups excluding carboxylic acids is 2. The van der Waals surface area contributed by atoms with Crippen LogP contribution in [0.25, 0.3) is 11.1 Å². The molecule has 6 heteroatoms. The number of benzene rings is 2. The molecule has 0 bridgehead atoms. The number of fused-ring (bicyclic) bond motifs is 1. The predicted molar refractivity (Wildman–Crippen MR) is 98.6 cm³/mol. The van der Waals surface area contributed by atoms with Gasteiger partial charge in [0.25, 0.3) is 0 Å². The first-order valence-corrected chi connectivity index (χ1v) is 8.48. The van der Waals surface area contributed by atoms with Crippen LogP contribution in [0.3, 0.4) is 0 Å². The number of carbonyl (C=O) groups is 2. The van der Waals surface area contributed by atoms with Crippen LogP contribution in [0.2, 0.25) is 0 Å². The highest BCUT2D eigenvalue weighted by Crippen LogP contribution is 2.20. The Labute approximate surface area is 151 Å². The molecule has 0 aliphatic heterocycles. The summed E-state index contributed by atoms with van der Waals surface area (Å²) < 4.78 is 10.8. The van der Waals surface area contributed by atoms with Gasteiger partial charge in [0.2, 0.25) is 5.91 Å². The van der Waals surface area contributed by atoms with Gasteiger partial charge in [-0.1, -0.05) is 0 Å². The van der Waals surface area contributed by atoms with Gasteiger partial charge in [-0.2, -0.15) is 0 Å². The summed E-state index contributed by atoms with van der Waals surface area (Å²) in [5.74, 6) is 0.994. The number of ketones is 1. The summed E-state index contributed by atoms with van der Waals surface area (Å²) in [7, 11) is 0. The Kier molecular flexibility index (Phi) is 5.31. The summed E-state index contributed by atoms with van der Waals surface area (Å²) in [6.07, 6.45) is 0.253. The number of aromatic nitrogens is 1. The van der Waals surface area contributed by atoms with Crippen LogP contribution in [0.4, 0.5) is 5.69 Å². The summed E-state index contributed by atoms with van der Waals surface area (Å²) in [6, 6.07) is 12.2. The first-order valence-electron chi connectivity index (χ1n) is 8.48. The lowest BCUT2D eigenvalue weighted by molar-refractivity contribution is -0.116. The Hall–Kier alpha value is -3.15. The van der Waals surface area contributed by atoms with Crippen LogP contribution < -0.4 is 10.1 Å².